The summed E-state index contributed by atoms with van der Waals surface area (Å²) in [6.07, 6.45) is 29.6. The van der Waals surface area contributed by atoms with E-state index in [1.54, 1.807) is 6.42 Å². The van der Waals surface area contributed by atoms with Gasteiger partial charge in [-0.15, -0.1) is 0 Å². The van der Waals surface area contributed by atoms with Crippen molar-refractivity contribution in [2.24, 2.45) is 29.6 Å². The standard InChI is InChI=1S/C30H60/c1-6-17-29(25-30-23-16-19-27(5)24-30)22-15-14-21-28(8-3)20-13-11-9-10-12-18-26(4)7-2/h26-30H,6-25H2,1-5H3. The molecule has 0 spiro atoms. The molecule has 0 aromatic rings. The molecule has 1 aliphatic rings. The third-order valence-electron chi connectivity index (χ3n) is 8.47. The van der Waals surface area contributed by atoms with Crippen molar-refractivity contribution in [3.8, 4) is 0 Å². The first-order valence-corrected chi connectivity index (χ1v) is 14.6. The summed E-state index contributed by atoms with van der Waals surface area (Å²) < 4.78 is 0. The molecule has 0 N–H and O–H groups in total. The molecule has 0 bridgehead atoms. The van der Waals surface area contributed by atoms with E-state index >= 15 is 0 Å². The topological polar surface area (TPSA) is 0 Å². The number of hydrogen-bond acceptors (Lipinski definition) is 0. The summed E-state index contributed by atoms with van der Waals surface area (Å²) in [6, 6.07) is 0. The lowest BCUT2D eigenvalue weighted by atomic mass is 9.76. The maximum Gasteiger partial charge on any atom is -0.0409 e. The quantitative estimate of drug-likeness (QED) is 0.182. The van der Waals surface area contributed by atoms with Crippen LogP contribution in [0.2, 0.25) is 0 Å². The molecule has 0 saturated heterocycles. The molecule has 30 heavy (non-hydrogen) atoms. The van der Waals surface area contributed by atoms with Gasteiger partial charge in [0.1, 0.15) is 0 Å². The van der Waals surface area contributed by atoms with Gasteiger partial charge in [0, 0.05) is 0 Å². The zero-order valence-corrected chi connectivity index (χ0v) is 22.0. The Kier molecular flexibility index (Phi) is 17.3. The van der Waals surface area contributed by atoms with Gasteiger partial charge in [-0.25, -0.2) is 0 Å². The molecular weight excluding hydrogens is 360 g/mol. The van der Waals surface area contributed by atoms with Crippen molar-refractivity contribution >= 4 is 0 Å². The SMILES string of the molecule is CCCC(CCCCC(CC)CCCCCCCC(C)CC)CC1CCCC(C)C1. The Morgan fingerprint density at radius 1 is 0.667 bits per heavy atom. The smallest absolute Gasteiger partial charge is 0.0409 e. The Hall–Kier alpha value is 0. The van der Waals surface area contributed by atoms with Crippen LogP contribution in [0, 0.1) is 29.6 Å². The second-order valence-electron chi connectivity index (χ2n) is 11.4. The van der Waals surface area contributed by atoms with Gasteiger partial charge in [-0.1, -0.05) is 150 Å². The third-order valence-corrected chi connectivity index (χ3v) is 8.47. The first kappa shape index (κ1) is 28.0. The van der Waals surface area contributed by atoms with Crippen LogP contribution in [0.1, 0.15) is 163 Å². The van der Waals surface area contributed by atoms with E-state index in [1.165, 1.54) is 122 Å². The molecule has 0 amide bonds. The van der Waals surface area contributed by atoms with Crippen LogP contribution in [-0.4, -0.2) is 0 Å². The van der Waals surface area contributed by atoms with Gasteiger partial charge in [0.25, 0.3) is 0 Å². The molecule has 0 aromatic carbocycles. The Labute approximate surface area is 192 Å². The van der Waals surface area contributed by atoms with Gasteiger partial charge in [-0.2, -0.15) is 0 Å². The number of unbranched alkanes of at least 4 members (excludes halogenated alkanes) is 5. The Morgan fingerprint density at radius 3 is 1.87 bits per heavy atom. The van der Waals surface area contributed by atoms with Gasteiger partial charge < -0.3 is 0 Å². The Balaban J connectivity index is 2.09. The third kappa shape index (κ3) is 14.1. The Morgan fingerprint density at radius 2 is 1.27 bits per heavy atom. The predicted octanol–water partition coefficient (Wildman–Crippen LogP) is 11.0. The van der Waals surface area contributed by atoms with Crippen molar-refractivity contribution in [2.75, 3.05) is 0 Å². The van der Waals surface area contributed by atoms with Gasteiger partial charge in [0.05, 0.1) is 0 Å². The zero-order chi connectivity index (χ0) is 22.0. The molecule has 0 nitrogen and oxygen atoms in total. The van der Waals surface area contributed by atoms with E-state index in [-0.39, 0.29) is 0 Å². The fourth-order valence-electron chi connectivity index (χ4n) is 6.11. The molecular formula is C30H60. The van der Waals surface area contributed by atoms with Crippen LogP contribution in [-0.2, 0) is 0 Å². The summed E-state index contributed by atoms with van der Waals surface area (Å²) >= 11 is 0. The number of hydrogen-bond donors (Lipinski definition) is 0. The monoisotopic (exact) mass is 420 g/mol. The summed E-state index contributed by atoms with van der Waals surface area (Å²) in [4.78, 5) is 0. The molecule has 1 saturated carbocycles. The molecule has 1 aliphatic carbocycles. The van der Waals surface area contributed by atoms with E-state index < -0.39 is 0 Å². The van der Waals surface area contributed by atoms with Crippen molar-refractivity contribution in [1.29, 1.82) is 0 Å². The molecule has 0 radical (unpaired) electrons. The van der Waals surface area contributed by atoms with Gasteiger partial charge >= 0.3 is 0 Å². The summed E-state index contributed by atoms with van der Waals surface area (Å²) in [5, 5.41) is 0. The van der Waals surface area contributed by atoms with Crippen LogP contribution < -0.4 is 0 Å². The summed E-state index contributed by atoms with van der Waals surface area (Å²) in [7, 11) is 0. The second kappa shape index (κ2) is 18.6. The van der Waals surface area contributed by atoms with Crippen LogP contribution in [0.15, 0.2) is 0 Å². The average Bonchev–Trinajstić information content (AvgIpc) is 2.74. The van der Waals surface area contributed by atoms with E-state index in [4.69, 9.17) is 0 Å². The maximum absolute atomic E-state index is 2.48. The van der Waals surface area contributed by atoms with Crippen molar-refractivity contribution in [1.82, 2.24) is 0 Å². The minimum absolute atomic E-state index is 0.942. The Bertz CT molecular complexity index is 359. The van der Waals surface area contributed by atoms with Gasteiger partial charge in [0.2, 0.25) is 0 Å². The zero-order valence-electron chi connectivity index (χ0n) is 22.0. The molecule has 0 heterocycles. The van der Waals surface area contributed by atoms with Gasteiger partial charge in [-0.3, -0.25) is 0 Å². The highest BCUT2D eigenvalue weighted by atomic mass is 14.3. The summed E-state index contributed by atoms with van der Waals surface area (Å²) in [5.41, 5.74) is 0. The molecule has 0 heteroatoms. The molecule has 180 valence electrons. The van der Waals surface area contributed by atoms with Crippen LogP contribution in [0.3, 0.4) is 0 Å². The highest BCUT2D eigenvalue weighted by Gasteiger charge is 2.22. The van der Waals surface area contributed by atoms with E-state index in [9.17, 15) is 0 Å². The van der Waals surface area contributed by atoms with Gasteiger partial charge in [-0.05, 0) is 42.4 Å². The van der Waals surface area contributed by atoms with Crippen LogP contribution >= 0.6 is 0 Å². The van der Waals surface area contributed by atoms with Crippen molar-refractivity contribution in [3.63, 3.8) is 0 Å². The predicted molar refractivity (Wildman–Crippen MR) is 138 cm³/mol. The average molecular weight is 421 g/mol. The largest absolute Gasteiger partial charge is 0.0654 e. The normalized spacial score (nSPS) is 22.7. The molecule has 0 aliphatic heterocycles. The first-order valence-electron chi connectivity index (χ1n) is 14.6. The van der Waals surface area contributed by atoms with E-state index in [0.717, 1.165) is 29.6 Å². The van der Waals surface area contributed by atoms with E-state index in [1.807, 2.05) is 0 Å². The van der Waals surface area contributed by atoms with Crippen LogP contribution in [0.25, 0.3) is 0 Å². The number of rotatable bonds is 19. The molecule has 1 rings (SSSR count). The maximum atomic E-state index is 2.48. The van der Waals surface area contributed by atoms with Crippen molar-refractivity contribution in [3.05, 3.63) is 0 Å². The highest BCUT2D eigenvalue weighted by molar-refractivity contribution is 4.74. The first-order chi connectivity index (χ1) is 14.6. The van der Waals surface area contributed by atoms with Crippen molar-refractivity contribution in [2.45, 2.75) is 163 Å². The lowest BCUT2D eigenvalue weighted by Gasteiger charge is -2.30. The van der Waals surface area contributed by atoms with Crippen LogP contribution in [0.5, 0.6) is 0 Å². The van der Waals surface area contributed by atoms with E-state index in [2.05, 4.69) is 34.6 Å². The minimum atomic E-state index is 0.942. The molecule has 0 aromatic heterocycles. The van der Waals surface area contributed by atoms with Gasteiger partial charge in [0.15, 0.2) is 0 Å². The summed E-state index contributed by atoms with van der Waals surface area (Å²) in [6.45, 7) is 12.1. The fourth-order valence-corrected chi connectivity index (χ4v) is 6.11. The van der Waals surface area contributed by atoms with Crippen LogP contribution in [0.4, 0.5) is 0 Å². The molecule has 5 atom stereocenters. The minimum Gasteiger partial charge on any atom is -0.0654 e. The fraction of sp³-hybridized carbons (Fsp3) is 1.00. The lowest BCUT2D eigenvalue weighted by molar-refractivity contribution is 0.224. The van der Waals surface area contributed by atoms with E-state index in [0.29, 0.717) is 0 Å². The second-order valence-corrected chi connectivity index (χ2v) is 11.4. The molecule has 5 unspecified atom stereocenters. The highest BCUT2D eigenvalue weighted by Crippen LogP contribution is 2.35. The summed E-state index contributed by atoms with van der Waals surface area (Å²) in [5.74, 6) is 5.03. The van der Waals surface area contributed by atoms with Crippen molar-refractivity contribution < 1.29 is 0 Å². The molecule has 1 fully saturated rings. The lowest BCUT2D eigenvalue weighted by Crippen LogP contribution is -2.17.